The summed E-state index contributed by atoms with van der Waals surface area (Å²) in [5.74, 6) is -0.218. The largest absolute Gasteiger partial charge is 0.454 e. The van der Waals surface area contributed by atoms with Crippen LogP contribution in [-0.2, 0) is 21.4 Å². The number of sulfonamides is 1. The third-order valence-electron chi connectivity index (χ3n) is 2.74. The first kappa shape index (κ1) is 16.2. The summed E-state index contributed by atoms with van der Waals surface area (Å²) in [5.41, 5.74) is 0.833. The van der Waals surface area contributed by atoms with E-state index < -0.39 is 16.0 Å². The van der Waals surface area contributed by atoms with E-state index in [1.807, 2.05) is 0 Å². The SMILES string of the molecule is CCNS(=O)(=O)c1cccc(C(=O)OCc2cc(C)no2)c1. The van der Waals surface area contributed by atoms with Gasteiger partial charge in [0.2, 0.25) is 10.0 Å². The molecule has 0 amide bonds. The third-order valence-corrected chi connectivity index (χ3v) is 4.28. The predicted octanol–water partition coefficient (Wildman–Crippen LogP) is 1.64. The van der Waals surface area contributed by atoms with Crippen molar-refractivity contribution in [2.75, 3.05) is 6.54 Å². The number of hydrogen-bond acceptors (Lipinski definition) is 6. The molecule has 0 aliphatic heterocycles. The number of benzene rings is 1. The summed E-state index contributed by atoms with van der Waals surface area (Å²) in [5, 5.41) is 3.68. The Bertz CT molecular complexity index is 767. The second-order valence-corrected chi connectivity index (χ2v) is 6.31. The van der Waals surface area contributed by atoms with Crippen LogP contribution in [0.1, 0.15) is 28.7 Å². The molecule has 0 atom stereocenters. The van der Waals surface area contributed by atoms with Gasteiger partial charge in [0.15, 0.2) is 12.4 Å². The molecule has 0 aliphatic carbocycles. The maximum atomic E-state index is 12.0. The number of rotatable bonds is 6. The normalized spacial score (nSPS) is 11.4. The second kappa shape index (κ2) is 6.71. The minimum absolute atomic E-state index is 0.0132. The molecule has 118 valence electrons. The molecular formula is C14H16N2O5S. The summed E-state index contributed by atoms with van der Waals surface area (Å²) < 4.78 is 36.2. The van der Waals surface area contributed by atoms with Gasteiger partial charge in [-0.1, -0.05) is 18.1 Å². The zero-order valence-corrected chi connectivity index (χ0v) is 13.0. The van der Waals surface area contributed by atoms with Crippen LogP contribution in [0, 0.1) is 6.92 Å². The Hall–Kier alpha value is -2.19. The summed E-state index contributed by atoms with van der Waals surface area (Å²) in [7, 11) is -3.62. The summed E-state index contributed by atoms with van der Waals surface area (Å²) >= 11 is 0. The van der Waals surface area contributed by atoms with Gasteiger partial charge in [-0.15, -0.1) is 0 Å². The molecule has 1 aromatic carbocycles. The molecule has 1 aromatic heterocycles. The summed E-state index contributed by atoms with van der Waals surface area (Å²) in [6.45, 7) is 3.63. The highest BCUT2D eigenvalue weighted by molar-refractivity contribution is 7.89. The minimum Gasteiger partial charge on any atom is -0.454 e. The maximum absolute atomic E-state index is 12.0. The molecule has 2 rings (SSSR count). The van der Waals surface area contributed by atoms with Crippen molar-refractivity contribution in [3.8, 4) is 0 Å². The van der Waals surface area contributed by atoms with E-state index >= 15 is 0 Å². The molecule has 0 bridgehead atoms. The third kappa shape index (κ3) is 3.92. The molecule has 7 nitrogen and oxygen atoms in total. The van der Waals surface area contributed by atoms with E-state index in [2.05, 4.69) is 9.88 Å². The summed E-state index contributed by atoms with van der Waals surface area (Å²) in [4.78, 5) is 12.0. The number of nitrogens with one attached hydrogen (secondary N) is 1. The molecule has 0 spiro atoms. The Labute approximate surface area is 128 Å². The minimum atomic E-state index is -3.62. The lowest BCUT2D eigenvalue weighted by atomic mass is 10.2. The van der Waals surface area contributed by atoms with Crippen LogP contribution < -0.4 is 4.72 Å². The molecule has 0 aliphatic rings. The summed E-state index contributed by atoms with van der Waals surface area (Å²) in [6, 6.07) is 7.30. The van der Waals surface area contributed by atoms with Gasteiger partial charge in [0.1, 0.15) is 0 Å². The molecular weight excluding hydrogens is 308 g/mol. The Balaban J connectivity index is 2.10. The number of ether oxygens (including phenoxy) is 1. The van der Waals surface area contributed by atoms with Crippen molar-refractivity contribution in [3.63, 3.8) is 0 Å². The number of carbonyl (C=O) groups excluding carboxylic acids is 1. The molecule has 8 heteroatoms. The molecule has 0 saturated heterocycles. The highest BCUT2D eigenvalue weighted by Crippen LogP contribution is 2.13. The number of nitrogens with zero attached hydrogens (tertiary/aromatic N) is 1. The fourth-order valence-electron chi connectivity index (χ4n) is 1.77. The van der Waals surface area contributed by atoms with Gasteiger partial charge in [0.25, 0.3) is 0 Å². The molecule has 0 radical (unpaired) electrons. The zero-order chi connectivity index (χ0) is 16.2. The van der Waals surface area contributed by atoms with Crippen LogP contribution in [0.25, 0.3) is 0 Å². The van der Waals surface area contributed by atoms with Gasteiger partial charge < -0.3 is 9.26 Å². The van der Waals surface area contributed by atoms with E-state index in [0.717, 1.165) is 0 Å². The van der Waals surface area contributed by atoms with E-state index in [1.165, 1.54) is 24.3 Å². The zero-order valence-electron chi connectivity index (χ0n) is 12.2. The monoisotopic (exact) mass is 324 g/mol. The number of carbonyl (C=O) groups is 1. The Morgan fingerprint density at radius 3 is 2.77 bits per heavy atom. The first-order valence-electron chi connectivity index (χ1n) is 6.61. The maximum Gasteiger partial charge on any atom is 0.338 e. The number of aryl methyl sites for hydroxylation is 1. The Morgan fingerprint density at radius 2 is 2.14 bits per heavy atom. The lowest BCUT2D eigenvalue weighted by Crippen LogP contribution is -2.23. The highest BCUT2D eigenvalue weighted by atomic mass is 32.2. The van der Waals surface area contributed by atoms with E-state index in [4.69, 9.17) is 9.26 Å². The predicted molar refractivity (Wildman–Crippen MR) is 77.7 cm³/mol. The number of esters is 1. The van der Waals surface area contributed by atoms with Crippen molar-refractivity contribution in [1.82, 2.24) is 9.88 Å². The van der Waals surface area contributed by atoms with Crippen LogP contribution in [0.2, 0.25) is 0 Å². The quantitative estimate of drug-likeness (QED) is 0.811. The Morgan fingerprint density at radius 1 is 1.36 bits per heavy atom. The van der Waals surface area contributed by atoms with Crippen LogP contribution in [-0.4, -0.2) is 26.1 Å². The van der Waals surface area contributed by atoms with Gasteiger partial charge in [-0.05, 0) is 25.1 Å². The molecule has 0 saturated carbocycles. The molecule has 0 fully saturated rings. The van der Waals surface area contributed by atoms with Gasteiger partial charge in [0.05, 0.1) is 16.2 Å². The van der Waals surface area contributed by atoms with E-state index in [-0.39, 0.29) is 23.6 Å². The van der Waals surface area contributed by atoms with Crippen LogP contribution in [0.5, 0.6) is 0 Å². The van der Waals surface area contributed by atoms with Crippen LogP contribution in [0.3, 0.4) is 0 Å². The highest BCUT2D eigenvalue weighted by Gasteiger charge is 2.16. The van der Waals surface area contributed by atoms with Gasteiger partial charge in [0, 0.05) is 12.6 Å². The first-order valence-corrected chi connectivity index (χ1v) is 8.09. The van der Waals surface area contributed by atoms with E-state index in [1.54, 1.807) is 19.9 Å². The number of aromatic nitrogens is 1. The van der Waals surface area contributed by atoms with Crippen molar-refractivity contribution >= 4 is 16.0 Å². The van der Waals surface area contributed by atoms with Crippen molar-refractivity contribution in [2.45, 2.75) is 25.3 Å². The van der Waals surface area contributed by atoms with Gasteiger partial charge in [-0.25, -0.2) is 17.9 Å². The lowest BCUT2D eigenvalue weighted by Gasteiger charge is -2.07. The standard InChI is InChI=1S/C14H16N2O5S/c1-3-15-22(18,19)13-6-4-5-11(8-13)14(17)20-9-12-7-10(2)16-21-12/h4-8,15H,3,9H2,1-2H3. The molecule has 1 N–H and O–H groups in total. The van der Waals surface area contributed by atoms with Crippen molar-refractivity contribution in [3.05, 3.63) is 47.3 Å². The molecule has 22 heavy (non-hydrogen) atoms. The first-order chi connectivity index (χ1) is 10.4. The van der Waals surface area contributed by atoms with Gasteiger partial charge in [-0.2, -0.15) is 0 Å². The van der Waals surface area contributed by atoms with Gasteiger partial charge in [-0.3, -0.25) is 0 Å². The van der Waals surface area contributed by atoms with Crippen molar-refractivity contribution in [2.24, 2.45) is 0 Å². The van der Waals surface area contributed by atoms with Crippen molar-refractivity contribution < 1.29 is 22.5 Å². The molecule has 0 unspecified atom stereocenters. The fraction of sp³-hybridized carbons (Fsp3) is 0.286. The van der Waals surface area contributed by atoms with E-state index in [0.29, 0.717) is 11.5 Å². The topological polar surface area (TPSA) is 98.5 Å². The van der Waals surface area contributed by atoms with Crippen molar-refractivity contribution in [1.29, 1.82) is 0 Å². The van der Waals surface area contributed by atoms with Crippen LogP contribution in [0.15, 0.2) is 39.8 Å². The lowest BCUT2D eigenvalue weighted by molar-refractivity contribution is 0.0437. The van der Waals surface area contributed by atoms with Crippen LogP contribution >= 0.6 is 0 Å². The van der Waals surface area contributed by atoms with Gasteiger partial charge >= 0.3 is 5.97 Å². The fourth-order valence-corrected chi connectivity index (χ4v) is 2.85. The second-order valence-electron chi connectivity index (χ2n) is 4.54. The smallest absolute Gasteiger partial charge is 0.338 e. The van der Waals surface area contributed by atoms with Crippen LogP contribution in [0.4, 0.5) is 0 Å². The Kier molecular flexibility index (Phi) is 4.94. The molecule has 2 aromatic rings. The summed E-state index contributed by atoms with van der Waals surface area (Å²) in [6.07, 6.45) is 0. The average molecular weight is 324 g/mol. The van der Waals surface area contributed by atoms with E-state index in [9.17, 15) is 13.2 Å². The average Bonchev–Trinajstić information content (AvgIpc) is 2.90. The molecule has 1 heterocycles. The number of hydrogen-bond donors (Lipinski definition) is 1.